The smallest absolute Gasteiger partial charge is 0.318 e. The number of amides is 3. The van der Waals surface area contributed by atoms with E-state index < -0.39 is 0 Å². The van der Waals surface area contributed by atoms with E-state index in [1.54, 1.807) is 7.05 Å². The van der Waals surface area contributed by atoms with E-state index >= 15 is 0 Å². The summed E-state index contributed by atoms with van der Waals surface area (Å²) < 4.78 is 0. The Morgan fingerprint density at radius 3 is 2.25 bits per heavy atom. The van der Waals surface area contributed by atoms with E-state index in [9.17, 15) is 9.59 Å². The van der Waals surface area contributed by atoms with Crippen molar-refractivity contribution in [3.05, 3.63) is 64.7 Å². The van der Waals surface area contributed by atoms with Gasteiger partial charge in [-0.2, -0.15) is 0 Å². The maximum Gasteiger partial charge on any atom is 0.318 e. The number of hydrogen-bond acceptors (Lipinski definition) is 2. The fourth-order valence-electron chi connectivity index (χ4n) is 3.65. The van der Waals surface area contributed by atoms with Crippen molar-refractivity contribution in [1.82, 2.24) is 10.2 Å². The average Bonchev–Trinajstić information content (AvgIpc) is 3.48. The van der Waals surface area contributed by atoms with Crippen molar-refractivity contribution < 1.29 is 9.59 Å². The van der Waals surface area contributed by atoms with Crippen molar-refractivity contribution in [2.24, 2.45) is 5.92 Å². The fraction of sp³-hybridized carbons (Fsp3) is 0.391. The van der Waals surface area contributed by atoms with E-state index in [0.29, 0.717) is 5.92 Å². The van der Waals surface area contributed by atoms with Crippen LogP contribution in [0, 0.1) is 26.7 Å². The molecule has 0 bridgehead atoms. The summed E-state index contributed by atoms with van der Waals surface area (Å²) in [6, 6.07) is 13.9. The van der Waals surface area contributed by atoms with Gasteiger partial charge in [0.05, 0.1) is 6.04 Å². The molecule has 1 atom stereocenters. The Morgan fingerprint density at radius 2 is 1.68 bits per heavy atom. The van der Waals surface area contributed by atoms with Crippen molar-refractivity contribution in [2.45, 2.75) is 39.7 Å². The molecule has 1 aliphatic rings. The highest BCUT2D eigenvalue weighted by molar-refractivity contribution is 5.95. The molecule has 2 N–H and O–H groups in total. The Balaban J connectivity index is 1.60. The minimum atomic E-state index is -0.228. The number of nitrogens with zero attached hydrogens (tertiary/aromatic N) is 1. The average molecular weight is 380 g/mol. The first-order valence-electron chi connectivity index (χ1n) is 9.79. The van der Waals surface area contributed by atoms with E-state index in [0.717, 1.165) is 40.8 Å². The maximum atomic E-state index is 12.7. The zero-order chi connectivity index (χ0) is 20.3. The topological polar surface area (TPSA) is 61.4 Å². The van der Waals surface area contributed by atoms with Gasteiger partial charge in [-0.05, 0) is 56.2 Å². The summed E-state index contributed by atoms with van der Waals surface area (Å²) in [4.78, 5) is 26.6. The molecule has 1 saturated carbocycles. The van der Waals surface area contributed by atoms with E-state index in [4.69, 9.17) is 0 Å². The molecule has 0 heterocycles. The van der Waals surface area contributed by atoms with Crippen LogP contribution < -0.4 is 10.6 Å². The largest absolute Gasteiger partial charge is 0.331 e. The van der Waals surface area contributed by atoms with Gasteiger partial charge < -0.3 is 15.5 Å². The second-order valence-electron chi connectivity index (χ2n) is 7.85. The summed E-state index contributed by atoms with van der Waals surface area (Å²) in [5.41, 5.74) is 5.15. The normalized spacial score (nSPS) is 14.3. The maximum absolute atomic E-state index is 12.7. The number of likely N-dealkylation sites (N-methyl/N-ethyl adjacent to an activating group) is 1. The Morgan fingerprint density at radius 1 is 1.07 bits per heavy atom. The number of urea groups is 1. The molecule has 0 aliphatic heterocycles. The quantitative estimate of drug-likeness (QED) is 0.784. The number of anilines is 1. The Labute approximate surface area is 167 Å². The van der Waals surface area contributed by atoms with Crippen molar-refractivity contribution in [3.63, 3.8) is 0 Å². The standard InChI is InChI=1S/C23H29N3O2/c1-15-12-16(2)21(17(3)13-15)24-20(27)14-26(4)23(28)25-22(19-10-11-19)18-8-6-5-7-9-18/h5-9,12-13,19,22H,10-11,14H2,1-4H3,(H,24,27)(H,25,28)/t22-/m0/s1. The fourth-order valence-corrected chi connectivity index (χ4v) is 3.65. The molecule has 1 fully saturated rings. The van der Waals surface area contributed by atoms with Crippen molar-refractivity contribution >= 4 is 17.6 Å². The second-order valence-corrected chi connectivity index (χ2v) is 7.85. The van der Waals surface area contributed by atoms with Gasteiger partial charge in [-0.3, -0.25) is 4.79 Å². The van der Waals surface area contributed by atoms with Gasteiger partial charge in [0.2, 0.25) is 5.91 Å². The number of aryl methyl sites for hydroxylation is 3. The predicted molar refractivity (Wildman–Crippen MR) is 112 cm³/mol. The van der Waals surface area contributed by atoms with Crippen molar-refractivity contribution in [3.8, 4) is 0 Å². The first-order valence-corrected chi connectivity index (χ1v) is 9.79. The molecule has 3 rings (SSSR count). The molecule has 2 aromatic carbocycles. The van der Waals surface area contributed by atoms with E-state index in [1.165, 1.54) is 4.90 Å². The third-order valence-electron chi connectivity index (χ3n) is 5.20. The highest BCUT2D eigenvalue weighted by Crippen LogP contribution is 2.41. The highest BCUT2D eigenvalue weighted by Gasteiger charge is 2.34. The number of rotatable bonds is 6. The predicted octanol–water partition coefficient (Wildman–Crippen LogP) is 4.34. The summed E-state index contributed by atoms with van der Waals surface area (Å²) >= 11 is 0. The van der Waals surface area contributed by atoms with Crippen molar-refractivity contribution in [1.29, 1.82) is 0 Å². The molecule has 28 heavy (non-hydrogen) atoms. The molecule has 0 unspecified atom stereocenters. The molecule has 1 aliphatic carbocycles. The molecule has 5 nitrogen and oxygen atoms in total. The van der Waals surface area contributed by atoms with E-state index in [1.807, 2.05) is 63.2 Å². The van der Waals surface area contributed by atoms with Crippen LogP contribution >= 0.6 is 0 Å². The molecule has 5 heteroatoms. The summed E-state index contributed by atoms with van der Waals surface area (Å²) in [5.74, 6) is 0.279. The monoisotopic (exact) mass is 379 g/mol. The number of hydrogen-bond donors (Lipinski definition) is 2. The lowest BCUT2D eigenvalue weighted by atomic mass is 10.0. The number of nitrogens with one attached hydrogen (secondary N) is 2. The van der Waals surface area contributed by atoms with Crippen LogP contribution in [0.15, 0.2) is 42.5 Å². The van der Waals surface area contributed by atoms with Gasteiger partial charge in [0, 0.05) is 12.7 Å². The molecule has 2 aromatic rings. The van der Waals surface area contributed by atoms with Crippen molar-refractivity contribution in [2.75, 3.05) is 18.9 Å². The molecule has 148 valence electrons. The molecule has 0 spiro atoms. The van der Waals surface area contributed by atoms with Crippen LogP contribution in [0.3, 0.4) is 0 Å². The van der Waals surface area contributed by atoms with Gasteiger partial charge in [0.15, 0.2) is 0 Å². The molecule has 0 saturated heterocycles. The van der Waals surface area contributed by atoms with Crippen LogP contribution in [0.4, 0.5) is 10.5 Å². The molecule has 0 aromatic heterocycles. The van der Waals surface area contributed by atoms with Crippen LogP contribution in [0.5, 0.6) is 0 Å². The zero-order valence-electron chi connectivity index (χ0n) is 17.1. The van der Waals surface area contributed by atoms with Gasteiger partial charge in [0.1, 0.15) is 6.54 Å². The second kappa shape index (κ2) is 8.46. The minimum Gasteiger partial charge on any atom is -0.331 e. The highest BCUT2D eigenvalue weighted by atomic mass is 16.2. The number of carbonyl (C=O) groups excluding carboxylic acids is 2. The lowest BCUT2D eigenvalue weighted by Gasteiger charge is -2.24. The number of benzene rings is 2. The SMILES string of the molecule is Cc1cc(C)c(NC(=O)CN(C)C(=O)N[C@@H](c2ccccc2)C2CC2)c(C)c1. The lowest BCUT2D eigenvalue weighted by molar-refractivity contribution is -0.116. The molecular weight excluding hydrogens is 350 g/mol. The third kappa shape index (κ3) is 4.91. The zero-order valence-corrected chi connectivity index (χ0v) is 17.1. The van der Waals surface area contributed by atoms with Gasteiger partial charge in [-0.15, -0.1) is 0 Å². The van der Waals surface area contributed by atoms with Crippen LogP contribution in [-0.2, 0) is 4.79 Å². The van der Waals surface area contributed by atoms with Gasteiger partial charge in [0.25, 0.3) is 0 Å². The summed E-state index contributed by atoms with van der Waals surface area (Å²) in [7, 11) is 1.65. The van der Waals surface area contributed by atoms with E-state index in [2.05, 4.69) is 10.6 Å². The molecule has 3 amide bonds. The van der Waals surface area contributed by atoms with E-state index in [-0.39, 0.29) is 24.5 Å². The first kappa shape index (κ1) is 19.9. The van der Waals surface area contributed by atoms with Crippen LogP contribution in [-0.4, -0.2) is 30.4 Å². The van der Waals surface area contributed by atoms with Crippen LogP contribution in [0.1, 0.15) is 41.1 Å². The lowest BCUT2D eigenvalue weighted by Crippen LogP contribution is -2.43. The Kier molecular flexibility index (Phi) is 6.02. The third-order valence-corrected chi connectivity index (χ3v) is 5.20. The molecule has 0 radical (unpaired) electrons. The summed E-state index contributed by atoms with van der Waals surface area (Å²) in [6.45, 7) is 6.00. The van der Waals surface area contributed by atoms with Crippen LogP contribution in [0.25, 0.3) is 0 Å². The van der Waals surface area contributed by atoms with Gasteiger partial charge >= 0.3 is 6.03 Å². The Hall–Kier alpha value is -2.82. The summed E-state index contributed by atoms with van der Waals surface area (Å²) in [6.07, 6.45) is 2.24. The Bertz CT molecular complexity index is 836. The minimum absolute atomic E-state index is 0.000739. The number of carbonyl (C=O) groups is 2. The summed E-state index contributed by atoms with van der Waals surface area (Å²) in [5, 5.41) is 6.05. The van der Waals surface area contributed by atoms with Gasteiger partial charge in [-0.25, -0.2) is 4.79 Å². The molecular formula is C23H29N3O2. The van der Waals surface area contributed by atoms with Crippen LogP contribution in [0.2, 0.25) is 0 Å². The van der Waals surface area contributed by atoms with Gasteiger partial charge in [-0.1, -0.05) is 48.0 Å². The first-order chi connectivity index (χ1) is 13.3.